The minimum atomic E-state index is -0.883. The van der Waals surface area contributed by atoms with Crippen LogP contribution in [0.1, 0.15) is 22.0 Å². The topological polar surface area (TPSA) is 110 Å². The van der Waals surface area contributed by atoms with E-state index in [1.807, 2.05) is 6.07 Å². The number of pyridine rings is 1. The molecule has 190 valence electrons. The maximum absolute atomic E-state index is 13.2. The van der Waals surface area contributed by atoms with Gasteiger partial charge in [0.1, 0.15) is 11.3 Å². The van der Waals surface area contributed by atoms with Crippen molar-refractivity contribution in [1.29, 1.82) is 0 Å². The number of aliphatic hydroxyl groups is 1. The number of amides is 1. The minimum Gasteiger partial charge on any atom is -0.495 e. The number of hydrogen-bond donors (Lipinski definition) is 4. The van der Waals surface area contributed by atoms with Crippen molar-refractivity contribution in [3.8, 4) is 5.75 Å². The van der Waals surface area contributed by atoms with E-state index in [-0.39, 0.29) is 12.1 Å². The number of nitrogens with zero attached hydrogens (tertiary/aromatic N) is 2. The summed E-state index contributed by atoms with van der Waals surface area (Å²) < 4.78 is 5.54. The number of benzene rings is 2. The van der Waals surface area contributed by atoms with E-state index in [2.05, 4.69) is 32.5 Å². The lowest BCUT2D eigenvalue weighted by Crippen LogP contribution is -2.44. The maximum atomic E-state index is 13.2. The van der Waals surface area contributed by atoms with Crippen LogP contribution in [0.5, 0.6) is 5.75 Å². The first-order chi connectivity index (χ1) is 17.4. The van der Waals surface area contributed by atoms with Crippen LogP contribution in [-0.2, 0) is 0 Å². The molecule has 1 aliphatic rings. The van der Waals surface area contributed by atoms with Crippen molar-refractivity contribution in [2.24, 2.45) is 0 Å². The second-order valence-electron chi connectivity index (χ2n) is 8.68. The third-order valence-corrected chi connectivity index (χ3v) is 6.42. The van der Waals surface area contributed by atoms with Crippen LogP contribution in [0.15, 0.2) is 59.5 Å². The molecule has 0 radical (unpaired) electrons. The highest BCUT2D eigenvalue weighted by molar-refractivity contribution is 6.30. The monoisotopic (exact) mass is 511 g/mol. The number of aromatic nitrogens is 1. The Hall–Kier alpha value is -3.53. The van der Waals surface area contributed by atoms with Gasteiger partial charge in [-0.2, -0.15) is 0 Å². The lowest BCUT2D eigenvalue weighted by Gasteiger charge is -2.35. The molecule has 0 bridgehead atoms. The Labute approximate surface area is 214 Å². The van der Waals surface area contributed by atoms with E-state index in [1.54, 1.807) is 49.6 Å². The molecular weight excluding hydrogens is 482 g/mol. The van der Waals surface area contributed by atoms with E-state index in [9.17, 15) is 14.7 Å². The van der Waals surface area contributed by atoms with Gasteiger partial charge in [0.15, 0.2) is 0 Å². The zero-order valence-electron chi connectivity index (χ0n) is 20.3. The Bertz CT molecular complexity index is 1270. The molecule has 36 heavy (non-hydrogen) atoms. The Morgan fingerprint density at radius 2 is 1.94 bits per heavy atom. The van der Waals surface area contributed by atoms with Crippen LogP contribution in [0.4, 0.5) is 17.1 Å². The lowest BCUT2D eigenvalue weighted by molar-refractivity contribution is 0.102. The first kappa shape index (κ1) is 25.6. The van der Waals surface area contributed by atoms with E-state index in [1.165, 1.54) is 6.20 Å². The molecule has 1 atom stereocenters. The summed E-state index contributed by atoms with van der Waals surface area (Å²) in [5.41, 5.74) is 1.75. The standard InChI is InChI=1S/C26H30ClN5O4/c1-31-10-12-32(13-11-31)21-15-19(6-7-23(21)36-2)30-26(35)24-20(8-9-28-25(24)34)29-16-22(33)17-4-3-5-18(27)14-17/h3-9,14-15,22,33H,10-13,16H2,1-2H3,(H,30,35)(H2,28,29,34)/t22-/m1/s1. The molecule has 4 rings (SSSR count). The SMILES string of the molecule is COc1ccc(NC(=O)c2c(NC[C@@H](O)c3cccc(Cl)c3)cc[nH]c2=O)cc1N1CCN(C)CC1. The van der Waals surface area contributed by atoms with E-state index < -0.39 is 17.6 Å². The molecule has 0 unspecified atom stereocenters. The molecule has 1 fully saturated rings. The lowest BCUT2D eigenvalue weighted by atomic mass is 10.1. The third kappa shape index (κ3) is 5.99. The molecule has 1 aromatic heterocycles. The van der Waals surface area contributed by atoms with Crippen molar-refractivity contribution >= 4 is 34.6 Å². The predicted octanol–water partition coefficient (Wildman–Crippen LogP) is 3.19. The van der Waals surface area contributed by atoms with Gasteiger partial charge in [-0.3, -0.25) is 9.59 Å². The number of ether oxygens (including phenoxy) is 1. The third-order valence-electron chi connectivity index (χ3n) is 6.19. The van der Waals surface area contributed by atoms with Crippen LogP contribution in [0.2, 0.25) is 5.02 Å². The van der Waals surface area contributed by atoms with Gasteiger partial charge in [0.25, 0.3) is 11.5 Å². The van der Waals surface area contributed by atoms with Crippen molar-refractivity contribution in [2.45, 2.75) is 6.10 Å². The molecule has 1 aliphatic heterocycles. The molecule has 0 saturated carbocycles. The van der Waals surface area contributed by atoms with Gasteiger partial charge in [-0.15, -0.1) is 0 Å². The largest absolute Gasteiger partial charge is 0.495 e. The van der Waals surface area contributed by atoms with Crippen LogP contribution in [-0.4, -0.2) is 67.8 Å². The smallest absolute Gasteiger partial charge is 0.263 e. The molecule has 2 heterocycles. The Balaban J connectivity index is 1.52. The summed E-state index contributed by atoms with van der Waals surface area (Å²) in [5, 5.41) is 16.9. The number of carbonyl (C=O) groups is 1. The molecule has 2 aromatic carbocycles. The van der Waals surface area contributed by atoms with Gasteiger partial charge in [-0.1, -0.05) is 23.7 Å². The Morgan fingerprint density at radius 3 is 2.67 bits per heavy atom. The molecule has 1 amide bonds. The number of aromatic amines is 1. The van der Waals surface area contributed by atoms with Gasteiger partial charge in [0.05, 0.1) is 24.6 Å². The number of methoxy groups -OCH3 is 1. The molecular formula is C26H30ClN5O4. The first-order valence-electron chi connectivity index (χ1n) is 11.7. The van der Waals surface area contributed by atoms with Gasteiger partial charge >= 0.3 is 0 Å². The van der Waals surface area contributed by atoms with Gasteiger partial charge in [-0.25, -0.2) is 0 Å². The normalized spacial score (nSPS) is 14.8. The molecule has 1 saturated heterocycles. The van der Waals surface area contributed by atoms with E-state index >= 15 is 0 Å². The average molecular weight is 512 g/mol. The number of likely N-dealkylation sites (N-methyl/N-ethyl adjacent to an activating group) is 1. The van der Waals surface area contributed by atoms with Crippen molar-refractivity contribution in [3.05, 3.63) is 81.2 Å². The second-order valence-corrected chi connectivity index (χ2v) is 9.11. The number of halogens is 1. The second kappa shape index (κ2) is 11.5. The summed E-state index contributed by atoms with van der Waals surface area (Å²) in [7, 11) is 3.70. The van der Waals surface area contributed by atoms with E-state index in [0.717, 1.165) is 31.9 Å². The summed E-state index contributed by atoms with van der Waals surface area (Å²) in [6.07, 6.45) is 0.568. The van der Waals surface area contributed by atoms with Gasteiger partial charge in [0, 0.05) is 49.6 Å². The molecule has 4 N–H and O–H groups in total. The van der Waals surface area contributed by atoms with Crippen molar-refractivity contribution in [3.63, 3.8) is 0 Å². The zero-order chi connectivity index (χ0) is 25.7. The van der Waals surface area contributed by atoms with Crippen molar-refractivity contribution in [2.75, 3.05) is 62.4 Å². The highest BCUT2D eigenvalue weighted by atomic mass is 35.5. The number of hydrogen-bond acceptors (Lipinski definition) is 7. The summed E-state index contributed by atoms with van der Waals surface area (Å²) in [4.78, 5) is 32.8. The molecule has 0 aliphatic carbocycles. The molecule has 10 heteroatoms. The molecule has 3 aromatic rings. The highest BCUT2D eigenvalue weighted by Gasteiger charge is 2.21. The number of nitrogens with one attached hydrogen (secondary N) is 3. The number of H-pyrrole nitrogens is 1. The Morgan fingerprint density at radius 1 is 1.17 bits per heavy atom. The number of carbonyl (C=O) groups excluding carboxylic acids is 1. The first-order valence-corrected chi connectivity index (χ1v) is 12.1. The maximum Gasteiger partial charge on any atom is 0.263 e. The van der Waals surface area contributed by atoms with Crippen molar-refractivity contribution in [1.82, 2.24) is 9.88 Å². The van der Waals surface area contributed by atoms with Crippen LogP contribution in [0, 0.1) is 0 Å². The zero-order valence-corrected chi connectivity index (χ0v) is 21.0. The van der Waals surface area contributed by atoms with E-state index in [4.69, 9.17) is 16.3 Å². The van der Waals surface area contributed by atoms with Crippen molar-refractivity contribution < 1.29 is 14.6 Å². The quantitative estimate of drug-likeness (QED) is 0.367. The highest BCUT2D eigenvalue weighted by Crippen LogP contribution is 2.32. The number of rotatable bonds is 8. The van der Waals surface area contributed by atoms with Gasteiger partial charge < -0.3 is 35.3 Å². The predicted molar refractivity (Wildman–Crippen MR) is 143 cm³/mol. The summed E-state index contributed by atoms with van der Waals surface area (Å²) in [5.74, 6) is 0.151. The average Bonchev–Trinajstić information content (AvgIpc) is 2.87. The summed E-state index contributed by atoms with van der Waals surface area (Å²) >= 11 is 6.01. The van der Waals surface area contributed by atoms with Crippen LogP contribution in [0.3, 0.4) is 0 Å². The van der Waals surface area contributed by atoms with E-state index in [0.29, 0.717) is 27.7 Å². The fourth-order valence-electron chi connectivity index (χ4n) is 4.15. The molecule has 9 nitrogen and oxygen atoms in total. The molecule has 0 spiro atoms. The number of anilines is 3. The number of aliphatic hydroxyl groups excluding tert-OH is 1. The van der Waals surface area contributed by atoms with Gasteiger partial charge in [0.2, 0.25) is 0 Å². The number of piperazine rings is 1. The van der Waals surface area contributed by atoms with Crippen LogP contribution < -0.4 is 25.8 Å². The Kier molecular flexibility index (Phi) is 8.14. The fourth-order valence-corrected chi connectivity index (χ4v) is 4.34. The fraction of sp³-hybridized carbons (Fsp3) is 0.308. The minimum absolute atomic E-state index is 0.0761. The van der Waals surface area contributed by atoms with Crippen LogP contribution in [0.25, 0.3) is 0 Å². The summed E-state index contributed by atoms with van der Waals surface area (Å²) in [6.45, 7) is 3.61. The summed E-state index contributed by atoms with van der Waals surface area (Å²) in [6, 6.07) is 13.9. The van der Waals surface area contributed by atoms with Crippen LogP contribution >= 0.6 is 11.6 Å². The van der Waals surface area contributed by atoms with Gasteiger partial charge in [-0.05, 0) is 49.0 Å².